The molecule has 4 heteroatoms. The van der Waals surface area contributed by atoms with E-state index in [-0.39, 0.29) is 0 Å². The van der Waals surface area contributed by atoms with Gasteiger partial charge in [-0.05, 0) is 19.4 Å². The lowest BCUT2D eigenvalue weighted by Crippen LogP contribution is -2.16. The maximum atomic E-state index is 8.60. The van der Waals surface area contributed by atoms with E-state index in [1.165, 1.54) is 18.5 Å². The Hall–Kier alpha value is -0.870. The molecule has 2 N–H and O–H groups in total. The SMILES string of the molecule is Cn1cncc1CNCCCCCCO. The number of nitrogens with zero attached hydrogens (tertiary/aromatic N) is 2. The largest absolute Gasteiger partial charge is 0.396 e. The summed E-state index contributed by atoms with van der Waals surface area (Å²) in [5.41, 5.74) is 1.21. The van der Waals surface area contributed by atoms with Crippen molar-refractivity contribution in [3.63, 3.8) is 0 Å². The summed E-state index contributed by atoms with van der Waals surface area (Å²) in [4.78, 5) is 4.06. The summed E-state index contributed by atoms with van der Waals surface area (Å²) < 4.78 is 2.03. The Bertz CT molecular complexity index is 260. The van der Waals surface area contributed by atoms with Crippen molar-refractivity contribution in [3.8, 4) is 0 Å². The Morgan fingerprint density at radius 3 is 2.80 bits per heavy atom. The number of hydrogen-bond acceptors (Lipinski definition) is 3. The minimum atomic E-state index is 0.322. The van der Waals surface area contributed by atoms with Crippen molar-refractivity contribution in [3.05, 3.63) is 18.2 Å². The van der Waals surface area contributed by atoms with Crippen LogP contribution in [0.3, 0.4) is 0 Å². The maximum Gasteiger partial charge on any atom is 0.0945 e. The molecule has 0 aliphatic heterocycles. The van der Waals surface area contributed by atoms with Crippen LogP contribution in [-0.4, -0.2) is 27.8 Å². The summed E-state index contributed by atoms with van der Waals surface area (Å²) in [5.74, 6) is 0. The van der Waals surface area contributed by atoms with Gasteiger partial charge in [0.2, 0.25) is 0 Å². The van der Waals surface area contributed by atoms with Crippen molar-refractivity contribution < 1.29 is 5.11 Å². The topological polar surface area (TPSA) is 50.1 Å². The van der Waals surface area contributed by atoms with Crippen LogP contribution < -0.4 is 5.32 Å². The molecule has 0 saturated carbocycles. The molecule has 1 aromatic heterocycles. The molecule has 0 fully saturated rings. The number of aryl methyl sites for hydroxylation is 1. The van der Waals surface area contributed by atoms with Crippen molar-refractivity contribution in [1.29, 1.82) is 0 Å². The number of rotatable bonds is 8. The highest BCUT2D eigenvalue weighted by Crippen LogP contribution is 1.99. The second kappa shape index (κ2) is 7.43. The lowest BCUT2D eigenvalue weighted by molar-refractivity contribution is 0.282. The molecule has 86 valence electrons. The van der Waals surface area contributed by atoms with Crippen LogP contribution in [-0.2, 0) is 13.6 Å². The molecule has 0 saturated heterocycles. The van der Waals surface area contributed by atoms with Gasteiger partial charge in [-0.1, -0.05) is 12.8 Å². The van der Waals surface area contributed by atoms with E-state index in [2.05, 4.69) is 10.3 Å². The second-order valence-electron chi connectivity index (χ2n) is 3.81. The molecule has 0 spiro atoms. The minimum absolute atomic E-state index is 0.322. The highest BCUT2D eigenvalue weighted by atomic mass is 16.2. The third kappa shape index (κ3) is 4.95. The summed E-state index contributed by atoms with van der Waals surface area (Å²) in [5, 5.41) is 12.0. The first-order valence-corrected chi connectivity index (χ1v) is 5.61. The molecular weight excluding hydrogens is 190 g/mol. The summed E-state index contributed by atoms with van der Waals surface area (Å²) in [6, 6.07) is 0. The van der Waals surface area contributed by atoms with Crippen LogP contribution in [0.1, 0.15) is 31.4 Å². The zero-order valence-electron chi connectivity index (χ0n) is 9.45. The van der Waals surface area contributed by atoms with E-state index in [0.717, 1.165) is 25.9 Å². The molecule has 15 heavy (non-hydrogen) atoms. The van der Waals surface area contributed by atoms with Gasteiger partial charge in [0.1, 0.15) is 0 Å². The van der Waals surface area contributed by atoms with Crippen LogP contribution in [0, 0.1) is 0 Å². The van der Waals surface area contributed by atoms with Crippen LogP contribution in [0.15, 0.2) is 12.5 Å². The Labute approximate surface area is 91.3 Å². The number of aromatic nitrogens is 2. The Morgan fingerprint density at radius 1 is 1.33 bits per heavy atom. The first-order valence-electron chi connectivity index (χ1n) is 5.61. The van der Waals surface area contributed by atoms with Gasteiger partial charge < -0.3 is 15.0 Å². The molecule has 0 aliphatic carbocycles. The van der Waals surface area contributed by atoms with Gasteiger partial charge in [-0.3, -0.25) is 0 Å². The van der Waals surface area contributed by atoms with Gasteiger partial charge in [-0.15, -0.1) is 0 Å². The number of imidazole rings is 1. The summed E-state index contributed by atoms with van der Waals surface area (Å²) in [6.45, 7) is 2.25. The summed E-state index contributed by atoms with van der Waals surface area (Å²) in [6.07, 6.45) is 8.14. The highest BCUT2D eigenvalue weighted by Gasteiger charge is 1.96. The predicted octanol–water partition coefficient (Wildman–Crippen LogP) is 1.06. The standard InChI is InChI=1S/C11H21N3O/c1-14-10-13-9-11(14)8-12-6-4-2-3-5-7-15/h9-10,12,15H,2-8H2,1H3. The van der Waals surface area contributed by atoms with Crippen molar-refractivity contribution >= 4 is 0 Å². The Morgan fingerprint density at radius 2 is 2.13 bits per heavy atom. The Kier molecular flexibility index (Phi) is 6.04. The van der Waals surface area contributed by atoms with Gasteiger partial charge in [0, 0.05) is 26.4 Å². The fourth-order valence-corrected chi connectivity index (χ4v) is 1.49. The van der Waals surface area contributed by atoms with Crippen molar-refractivity contribution in [2.75, 3.05) is 13.2 Å². The first kappa shape index (κ1) is 12.2. The molecule has 0 radical (unpaired) electrons. The Balaban J connectivity index is 1.96. The molecule has 0 bridgehead atoms. The molecule has 1 rings (SSSR count). The van der Waals surface area contributed by atoms with Gasteiger partial charge in [0.25, 0.3) is 0 Å². The van der Waals surface area contributed by atoms with Crippen LogP contribution >= 0.6 is 0 Å². The van der Waals surface area contributed by atoms with E-state index in [1.807, 2.05) is 24.1 Å². The zero-order valence-corrected chi connectivity index (χ0v) is 9.45. The highest BCUT2D eigenvalue weighted by molar-refractivity contribution is 4.96. The summed E-state index contributed by atoms with van der Waals surface area (Å²) >= 11 is 0. The number of aliphatic hydroxyl groups is 1. The van der Waals surface area contributed by atoms with E-state index >= 15 is 0 Å². The molecule has 4 nitrogen and oxygen atoms in total. The smallest absolute Gasteiger partial charge is 0.0945 e. The van der Waals surface area contributed by atoms with E-state index < -0.39 is 0 Å². The average molecular weight is 211 g/mol. The van der Waals surface area contributed by atoms with Gasteiger partial charge in [0.05, 0.1) is 12.0 Å². The molecule has 0 unspecified atom stereocenters. The van der Waals surface area contributed by atoms with Gasteiger partial charge in [-0.2, -0.15) is 0 Å². The average Bonchev–Trinajstić information content (AvgIpc) is 2.63. The molecule has 0 amide bonds. The fraction of sp³-hybridized carbons (Fsp3) is 0.727. The molecule has 1 heterocycles. The van der Waals surface area contributed by atoms with Crippen molar-refractivity contribution in [1.82, 2.24) is 14.9 Å². The van der Waals surface area contributed by atoms with E-state index in [0.29, 0.717) is 6.61 Å². The first-order chi connectivity index (χ1) is 7.34. The molecular formula is C11H21N3O. The maximum absolute atomic E-state index is 8.60. The van der Waals surface area contributed by atoms with Crippen molar-refractivity contribution in [2.45, 2.75) is 32.2 Å². The van der Waals surface area contributed by atoms with Gasteiger partial charge in [0.15, 0.2) is 0 Å². The van der Waals surface area contributed by atoms with Gasteiger partial charge >= 0.3 is 0 Å². The number of hydrogen-bond donors (Lipinski definition) is 2. The fourth-order valence-electron chi connectivity index (χ4n) is 1.49. The van der Waals surface area contributed by atoms with E-state index in [1.54, 1.807) is 0 Å². The van der Waals surface area contributed by atoms with E-state index in [9.17, 15) is 0 Å². The van der Waals surface area contributed by atoms with Crippen LogP contribution in [0.25, 0.3) is 0 Å². The van der Waals surface area contributed by atoms with Crippen LogP contribution in [0.4, 0.5) is 0 Å². The van der Waals surface area contributed by atoms with Crippen LogP contribution in [0.2, 0.25) is 0 Å². The van der Waals surface area contributed by atoms with Crippen LogP contribution in [0.5, 0.6) is 0 Å². The molecule has 0 aromatic carbocycles. The molecule has 1 aromatic rings. The molecule has 0 aliphatic rings. The predicted molar refractivity (Wildman–Crippen MR) is 60.5 cm³/mol. The summed E-state index contributed by atoms with van der Waals surface area (Å²) in [7, 11) is 2.01. The van der Waals surface area contributed by atoms with E-state index in [4.69, 9.17) is 5.11 Å². The molecule has 0 atom stereocenters. The van der Waals surface area contributed by atoms with Crippen molar-refractivity contribution in [2.24, 2.45) is 7.05 Å². The lowest BCUT2D eigenvalue weighted by atomic mass is 10.2. The normalized spacial score (nSPS) is 10.8. The quantitative estimate of drug-likeness (QED) is 0.632. The minimum Gasteiger partial charge on any atom is -0.396 e. The van der Waals surface area contributed by atoms with Gasteiger partial charge in [-0.25, -0.2) is 4.98 Å². The zero-order chi connectivity index (χ0) is 10.9. The third-order valence-corrected chi connectivity index (χ3v) is 2.48. The number of unbranched alkanes of at least 4 members (excludes halogenated alkanes) is 3. The second-order valence-corrected chi connectivity index (χ2v) is 3.81. The number of aliphatic hydroxyl groups excluding tert-OH is 1. The lowest BCUT2D eigenvalue weighted by Gasteiger charge is -2.04. The number of nitrogens with one attached hydrogen (secondary N) is 1. The monoisotopic (exact) mass is 211 g/mol. The third-order valence-electron chi connectivity index (χ3n) is 2.48.